The van der Waals surface area contributed by atoms with Gasteiger partial charge in [-0.3, -0.25) is 0 Å². The predicted molar refractivity (Wildman–Crippen MR) is 71.9 cm³/mol. The van der Waals surface area contributed by atoms with Gasteiger partial charge in [0.2, 0.25) is 0 Å². The molecule has 18 heavy (non-hydrogen) atoms. The summed E-state index contributed by atoms with van der Waals surface area (Å²) in [4.78, 5) is 11.5. The summed E-state index contributed by atoms with van der Waals surface area (Å²) < 4.78 is 9.82. The van der Waals surface area contributed by atoms with Crippen molar-refractivity contribution in [2.24, 2.45) is 0 Å². The van der Waals surface area contributed by atoms with Crippen molar-refractivity contribution in [1.82, 2.24) is 5.32 Å². The number of benzene rings is 1. The van der Waals surface area contributed by atoms with Gasteiger partial charge in [-0.1, -0.05) is 23.2 Å². The molecule has 5 nitrogen and oxygen atoms in total. The molecule has 0 heterocycles. The van der Waals surface area contributed by atoms with E-state index in [1.54, 1.807) is 19.2 Å². The van der Waals surface area contributed by atoms with Crippen LogP contribution in [0.1, 0.15) is 0 Å². The molecule has 0 aliphatic carbocycles. The van der Waals surface area contributed by atoms with Gasteiger partial charge in [-0.2, -0.15) is 0 Å². The second-order valence-corrected chi connectivity index (χ2v) is 4.16. The van der Waals surface area contributed by atoms with Gasteiger partial charge >= 0.3 is 6.03 Å². The lowest BCUT2D eigenvalue weighted by molar-refractivity contribution is 0.198. The van der Waals surface area contributed by atoms with Crippen LogP contribution in [0.3, 0.4) is 0 Å². The molecule has 100 valence electrons. The first-order chi connectivity index (χ1) is 8.58. The standard InChI is InChI=1S/C11H14Cl2N2O3/c1-17-4-3-14-11(16)15-7-5-8(12)10(18-2)9(13)6-7/h5-6H,3-4H2,1-2H3,(H2,14,15,16). The molecule has 0 saturated heterocycles. The minimum absolute atomic E-state index is 0.331. The average Bonchev–Trinajstić information content (AvgIpc) is 2.29. The van der Waals surface area contributed by atoms with Crippen LogP contribution >= 0.6 is 23.2 Å². The van der Waals surface area contributed by atoms with E-state index >= 15 is 0 Å². The Labute approximate surface area is 115 Å². The van der Waals surface area contributed by atoms with E-state index in [0.29, 0.717) is 34.6 Å². The highest BCUT2D eigenvalue weighted by Gasteiger charge is 2.10. The minimum Gasteiger partial charge on any atom is -0.494 e. The lowest BCUT2D eigenvalue weighted by Crippen LogP contribution is -2.31. The van der Waals surface area contributed by atoms with Crippen molar-refractivity contribution in [2.45, 2.75) is 0 Å². The Morgan fingerprint density at radius 1 is 1.28 bits per heavy atom. The van der Waals surface area contributed by atoms with Crippen molar-refractivity contribution in [1.29, 1.82) is 0 Å². The van der Waals surface area contributed by atoms with Crippen molar-refractivity contribution in [3.8, 4) is 5.75 Å². The van der Waals surface area contributed by atoms with Crippen molar-refractivity contribution in [3.63, 3.8) is 0 Å². The van der Waals surface area contributed by atoms with E-state index in [0.717, 1.165) is 0 Å². The molecule has 0 unspecified atom stereocenters. The van der Waals surface area contributed by atoms with Crippen LogP contribution < -0.4 is 15.4 Å². The second kappa shape index (κ2) is 7.31. The number of carbonyl (C=O) groups excluding carboxylic acids is 1. The monoisotopic (exact) mass is 292 g/mol. The van der Waals surface area contributed by atoms with E-state index < -0.39 is 0 Å². The van der Waals surface area contributed by atoms with Crippen molar-refractivity contribution >= 4 is 34.9 Å². The summed E-state index contributed by atoms with van der Waals surface area (Å²) in [7, 11) is 3.03. The number of hydrogen-bond donors (Lipinski definition) is 2. The highest BCUT2D eigenvalue weighted by molar-refractivity contribution is 6.37. The Morgan fingerprint density at radius 2 is 1.89 bits per heavy atom. The maximum atomic E-state index is 11.5. The Hall–Kier alpha value is -1.17. The van der Waals surface area contributed by atoms with Gasteiger partial charge in [-0.15, -0.1) is 0 Å². The first kappa shape index (κ1) is 14.9. The van der Waals surface area contributed by atoms with Crippen LogP contribution in [0.4, 0.5) is 10.5 Å². The van der Waals surface area contributed by atoms with Crippen LogP contribution in [0, 0.1) is 0 Å². The summed E-state index contributed by atoms with van der Waals surface area (Å²) in [6.07, 6.45) is 0. The van der Waals surface area contributed by atoms with Gasteiger partial charge in [-0.25, -0.2) is 4.79 Å². The summed E-state index contributed by atoms with van der Waals surface area (Å²) in [5.74, 6) is 0.378. The fourth-order valence-corrected chi connectivity index (χ4v) is 1.91. The maximum Gasteiger partial charge on any atom is 0.319 e. The van der Waals surface area contributed by atoms with E-state index in [4.69, 9.17) is 32.7 Å². The number of methoxy groups -OCH3 is 2. The van der Waals surface area contributed by atoms with Gasteiger partial charge < -0.3 is 20.1 Å². The van der Waals surface area contributed by atoms with Crippen LogP contribution in [0.25, 0.3) is 0 Å². The third kappa shape index (κ3) is 4.25. The van der Waals surface area contributed by atoms with E-state index in [2.05, 4.69) is 10.6 Å². The number of carbonyl (C=O) groups is 1. The molecule has 1 aromatic rings. The van der Waals surface area contributed by atoms with Gasteiger partial charge in [0, 0.05) is 19.3 Å². The number of ether oxygens (including phenoxy) is 2. The quantitative estimate of drug-likeness (QED) is 0.821. The number of halogens is 2. The maximum absolute atomic E-state index is 11.5. The van der Waals surface area contributed by atoms with Crippen LogP contribution in [0.2, 0.25) is 10.0 Å². The Morgan fingerprint density at radius 3 is 2.39 bits per heavy atom. The van der Waals surface area contributed by atoms with Crippen LogP contribution in [-0.2, 0) is 4.74 Å². The average molecular weight is 293 g/mol. The molecule has 1 rings (SSSR count). The summed E-state index contributed by atoms with van der Waals surface area (Å²) in [5.41, 5.74) is 0.487. The Balaban J connectivity index is 2.65. The highest BCUT2D eigenvalue weighted by Crippen LogP contribution is 2.35. The second-order valence-electron chi connectivity index (χ2n) is 3.35. The molecule has 1 aromatic carbocycles. The Kier molecular flexibility index (Phi) is 6.04. The number of anilines is 1. The predicted octanol–water partition coefficient (Wildman–Crippen LogP) is 2.77. The largest absolute Gasteiger partial charge is 0.494 e. The zero-order valence-corrected chi connectivity index (χ0v) is 11.6. The van der Waals surface area contributed by atoms with Crippen molar-refractivity contribution in [2.75, 3.05) is 32.7 Å². The van der Waals surface area contributed by atoms with Gasteiger partial charge in [0.15, 0.2) is 5.75 Å². The van der Waals surface area contributed by atoms with Gasteiger partial charge in [-0.05, 0) is 12.1 Å². The number of urea groups is 1. The molecule has 0 radical (unpaired) electrons. The van der Waals surface area contributed by atoms with Crippen LogP contribution in [-0.4, -0.2) is 33.4 Å². The first-order valence-electron chi connectivity index (χ1n) is 5.15. The third-order valence-corrected chi connectivity index (χ3v) is 2.61. The van der Waals surface area contributed by atoms with Crippen LogP contribution in [0.15, 0.2) is 12.1 Å². The first-order valence-corrected chi connectivity index (χ1v) is 5.91. The molecule has 7 heteroatoms. The van der Waals surface area contributed by atoms with Gasteiger partial charge in [0.05, 0.1) is 23.8 Å². The molecule has 0 aromatic heterocycles. The molecule has 0 aliphatic rings. The molecule has 0 fully saturated rings. The number of rotatable bonds is 5. The molecule has 0 atom stereocenters. The molecule has 2 N–H and O–H groups in total. The minimum atomic E-state index is -0.357. The third-order valence-electron chi connectivity index (χ3n) is 2.05. The van der Waals surface area contributed by atoms with Gasteiger partial charge in [0.1, 0.15) is 0 Å². The van der Waals surface area contributed by atoms with Gasteiger partial charge in [0.25, 0.3) is 0 Å². The smallest absolute Gasteiger partial charge is 0.319 e. The van der Waals surface area contributed by atoms with E-state index in [1.165, 1.54) is 7.11 Å². The zero-order valence-electron chi connectivity index (χ0n) is 10.0. The topological polar surface area (TPSA) is 59.6 Å². The SMILES string of the molecule is COCCNC(=O)Nc1cc(Cl)c(OC)c(Cl)c1. The summed E-state index contributed by atoms with van der Waals surface area (Å²) in [5, 5.41) is 5.87. The van der Waals surface area contributed by atoms with Crippen molar-refractivity contribution < 1.29 is 14.3 Å². The normalized spacial score (nSPS) is 10.0. The lowest BCUT2D eigenvalue weighted by atomic mass is 10.3. The molecule has 0 aliphatic heterocycles. The van der Waals surface area contributed by atoms with E-state index in [1.807, 2.05) is 0 Å². The molecule has 2 amide bonds. The fraction of sp³-hybridized carbons (Fsp3) is 0.364. The van der Waals surface area contributed by atoms with E-state index in [9.17, 15) is 4.79 Å². The lowest BCUT2D eigenvalue weighted by Gasteiger charge is -2.10. The number of amides is 2. The zero-order chi connectivity index (χ0) is 13.5. The summed E-state index contributed by atoms with van der Waals surface area (Å²) >= 11 is 11.9. The molecule has 0 spiro atoms. The molecular formula is C11H14Cl2N2O3. The fourth-order valence-electron chi connectivity index (χ4n) is 1.27. The summed E-state index contributed by atoms with van der Waals surface area (Å²) in [6.45, 7) is 0.859. The number of hydrogen-bond acceptors (Lipinski definition) is 3. The highest BCUT2D eigenvalue weighted by atomic mass is 35.5. The van der Waals surface area contributed by atoms with Crippen molar-refractivity contribution in [3.05, 3.63) is 22.2 Å². The molecule has 0 bridgehead atoms. The number of nitrogens with one attached hydrogen (secondary N) is 2. The van der Waals surface area contributed by atoms with Crippen LogP contribution in [0.5, 0.6) is 5.75 Å². The van der Waals surface area contributed by atoms with E-state index in [-0.39, 0.29) is 6.03 Å². The Bertz CT molecular complexity index is 404. The summed E-state index contributed by atoms with van der Waals surface area (Å²) in [6, 6.07) is 2.76. The molecular weight excluding hydrogens is 279 g/mol. The molecule has 0 saturated carbocycles.